The van der Waals surface area contributed by atoms with Crippen molar-refractivity contribution in [3.63, 3.8) is 0 Å². The van der Waals surface area contributed by atoms with Crippen LogP contribution >= 0.6 is 11.6 Å². The lowest BCUT2D eigenvalue weighted by atomic mass is 9.93. The Labute approximate surface area is 251 Å². The fourth-order valence-corrected chi connectivity index (χ4v) is 5.46. The number of likely N-dealkylation sites (N-methyl/N-ethyl adjacent to an activating group) is 1. The predicted octanol–water partition coefficient (Wildman–Crippen LogP) is 5.43. The molecular formula is C32H27ClFN5O4. The largest absolute Gasteiger partial charge is 0.415 e. The molecule has 6 rings (SSSR count). The summed E-state index contributed by atoms with van der Waals surface area (Å²) in [6.45, 7) is 1.71. The molecule has 218 valence electrons. The minimum atomic E-state index is -2.07. The summed E-state index contributed by atoms with van der Waals surface area (Å²) in [7, 11) is 1.96. The molecule has 4 aromatic carbocycles. The molecule has 0 saturated carbocycles. The number of H-pyrrole nitrogens is 1. The van der Waals surface area contributed by atoms with Crippen LogP contribution in [0, 0.1) is 5.82 Å². The highest BCUT2D eigenvalue weighted by molar-refractivity contribution is 6.31. The van der Waals surface area contributed by atoms with Gasteiger partial charge >= 0.3 is 12.1 Å². The molecule has 0 aliphatic carbocycles. The summed E-state index contributed by atoms with van der Waals surface area (Å²) in [6, 6.07) is 25.5. The van der Waals surface area contributed by atoms with E-state index in [9.17, 15) is 14.7 Å². The van der Waals surface area contributed by atoms with Crippen LogP contribution in [0.15, 0.2) is 91.0 Å². The fraction of sp³-hybridized carbons (Fsp3) is 0.156. The molecule has 0 saturated heterocycles. The number of hydrogen-bond donors (Lipinski definition) is 3. The van der Waals surface area contributed by atoms with E-state index in [0.29, 0.717) is 24.1 Å². The molecule has 1 aliphatic heterocycles. The van der Waals surface area contributed by atoms with Gasteiger partial charge in [-0.3, -0.25) is 9.69 Å². The highest BCUT2D eigenvalue weighted by Gasteiger charge is 2.51. The van der Waals surface area contributed by atoms with Gasteiger partial charge in [0.2, 0.25) is 0 Å². The molecule has 1 aliphatic rings. The van der Waals surface area contributed by atoms with Gasteiger partial charge in [-0.1, -0.05) is 72.3 Å². The Hall–Kier alpha value is -4.77. The van der Waals surface area contributed by atoms with Gasteiger partial charge in [0.25, 0.3) is 5.91 Å². The van der Waals surface area contributed by atoms with Gasteiger partial charge in [-0.2, -0.15) is 4.98 Å². The van der Waals surface area contributed by atoms with Gasteiger partial charge in [-0.15, -0.1) is 0 Å². The summed E-state index contributed by atoms with van der Waals surface area (Å²) in [5.41, 5.74) is 0.592. The van der Waals surface area contributed by atoms with Crippen molar-refractivity contribution in [2.24, 2.45) is 0 Å². The number of imidazole rings is 1. The molecule has 1 atom stereocenters. The number of nitrogens with one attached hydrogen (secondary N) is 2. The van der Waals surface area contributed by atoms with Crippen molar-refractivity contribution in [2.45, 2.75) is 12.3 Å². The molecule has 5 aromatic rings. The monoisotopic (exact) mass is 599 g/mol. The van der Waals surface area contributed by atoms with Crippen LogP contribution < -0.4 is 15.0 Å². The number of nitrogens with zero attached hydrogens (tertiary/aromatic N) is 3. The van der Waals surface area contributed by atoms with Crippen LogP contribution in [0.3, 0.4) is 0 Å². The third kappa shape index (κ3) is 5.32. The maximum Gasteiger partial charge on any atom is 0.415 e. The van der Waals surface area contributed by atoms with Gasteiger partial charge in [0.05, 0.1) is 21.7 Å². The lowest BCUT2D eigenvalue weighted by Crippen LogP contribution is -2.45. The van der Waals surface area contributed by atoms with E-state index in [-0.39, 0.29) is 33.4 Å². The van der Waals surface area contributed by atoms with E-state index in [1.54, 1.807) is 42.5 Å². The molecule has 2 heterocycles. The SMILES string of the molecule is CN(CCNC(=O)Oc1nc2ccc(C3(O)c4ccccc4C(=O)N3c3cccc(Cl)c3F)cc2[nH]1)Cc1ccccc1. The van der Waals surface area contributed by atoms with E-state index in [2.05, 4.69) is 20.2 Å². The van der Waals surface area contributed by atoms with Crippen molar-refractivity contribution in [1.82, 2.24) is 20.2 Å². The Kier molecular flexibility index (Phi) is 7.57. The Bertz CT molecular complexity index is 1830. The van der Waals surface area contributed by atoms with Crippen LogP contribution in [-0.2, 0) is 12.3 Å². The summed E-state index contributed by atoms with van der Waals surface area (Å²) >= 11 is 6.04. The van der Waals surface area contributed by atoms with Crippen molar-refractivity contribution < 1.29 is 23.8 Å². The van der Waals surface area contributed by atoms with Crippen LogP contribution in [0.1, 0.15) is 27.0 Å². The first-order chi connectivity index (χ1) is 20.8. The van der Waals surface area contributed by atoms with E-state index in [1.165, 1.54) is 23.8 Å². The van der Waals surface area contributed by atoms with E-state index in [0.717, 1.165) is 11.4 Å². The Morgan fingerprint density at radius 3 is 2.67 bits per heavy atom. The van der Waals surface area contributed by atoms with Crippen LogP contribution in [0.4, 0.5) is 14.9 Å². The number of amides is 2. The van der Waals surface area contributed by atoms with Crippen LogP contribution in [0.2, 0.25) is 5.02 Å². The number of halogens is 2. The standard InChI is InChI=1S/C32H27ClFN5O4/c1-38(19-20-8-3-2-4-9-20)17-16-35-31(41)43-30-36-25-15-14-21(18-26(25)37-30)32(42)23-11-6-5-10-22(23)29(40)39(32)27-13-7-12-24(33)28(27)34/h2-15,18,42H,16-17,19H2,1H3,(H,35,41)(H,36,37). The lowest BCUT2D eigenvalue weighted by Gasteiger charge is -2.35. The van der Waals surface area contributed by atoms with Gasteiger partial charge in [0.1, 0.15) is 0 Å². The molecule has 0 spiro atoms. The van der Waals surface area contributed by atoms with E-state index >= 15 is 4.39 Å². The number of carbonyl (C=O) groups excluding carboxylic acids is 2. The first-order valence-electron chi connectivity index (χ1n) is 13.5. The molecule has 0 fully saturated rings. The van der Waals surface area contributed by atoms with Gasteiger partial charge in [-0.05, 0) is 42.9 Å². The number of ether oxygens (including phenoxy) is 1. The van der Waals surface area contributed by atoms with Crippen molar-refractivity contribution in [3.05, 3.63) is 124 Å². The smallest absolute Gasteiger partial charge is 0.375 e. The molecule has 0 radical (unpaired) electrons. The van der Waals surface area contributed by atoms with Crippen molar-refractivity contribution >= 4 is 40.3 Å². The summed E-state index contributed by atoms with van der Waals surface area (Å²) in [4.78, 5) is 36.3. The zero-order valence-corrected chi connectivity index (χ0v) is 23.8. The third-order valence-electron chi connectivity index (χ3n) is 7.34. The maximum atomic E-state index is 15.2. The first-order valence-corrected chi connectivity index (χ1v) is 13.9. The van der Waals surface area contributed by atoms with Gasteiger partial charge in [-0.25, -0.2) is 9.18 Å². The van der Waals surface area contributed by atoms with Gasteiger partial charge < -0.3 is 25.0 Å². The summed E-state index contributed by atoms with van der Waals surface area (Å²) < 4.78 is 20.6. The number of fused-ring (bicyclic) bond motifs is 2. The van der Waals surface area contributed by atoms with Gasteiger partial charge in [0.15, 0.2) is 11.5 Å². The van der Waals surface area contributed by atoms with Crippen molar-refractivity contribution in [3.8, 4) is 6.01 Å². The second-order valence-electron chi connectivity index (χ2n) is 10.2. The van der Waals surface area contributed by atoms with Crippen molar-refractivity contribution in [1.29, 1.82) is 0 Å². The topological polar surface area (TPSA) is 111 Å². The summed E-state index contributed by atoms with van der Waals surface area (Å²) in [5, 5.41) is 14.7. The minimum Gasteiger partial charge on any atom is -0.375 e. The fourth-order valence-electron chi connectivity index (χ4n) is 5.29. The number of benzene rings is 4. The summed E-state index contributed by atoms with van der Waals surface area (Å²) in [5.74, 6) is -1.42. The molecule has 2 amide bonds. The van der Waals surface area contributed by atoms with Gasteiger partial charge in [0, 0.05) is 36.3 Å². The second-order valence-corrected chi connectivity index (χ2v) is 10.7. The average molecular weight is 600 g/mol. The van der Waals surface area contributed by atoms with E-state index in [1.807, 2.05) is 37.4 Å². The molecule has 11 heteroatoms. The quantitative estimate of drug-likeness (QED) is 0.219. The van der Waals surface area contributed by atoms with Crippen molar-refractivity contribution in [2.75, 3.05) is 25.0 Å². The Balaban J connectivity index is 1.22. The zero-order valence-electron chi connectivity index (χ0n) is 23.1. The predicted molar refractivity (Wildman–Crippen MR) is 161 cm³/mol. The third-order valence-corrected chi connectivity index (χ3v) is 7.63. The number of rotatable bonds is 8. The van der Waals surface area contributed by atoms with Crippen LogP contribution in [-0.4, -0.2) is 52.1 Å². The minimum absolute atomic E-state index is 0.0464. The summed E-state index contributed by atoms with van der Waals surface area (Å²) in [6.07, 6.45) is -0.677. The number of aromatic amines is 1. The molecule has 1 unspecified atom stereocenters. The number of carbonyl (C=O) groups is 2. The van der Waals surface area contributed by atoms with E-state index in [4.69, 9.17) is 16.3 Å². The molecule has 0 bridgehead atoms. The highest BCUT2D eigenvalue weighted by Crippen LogP contribution is 2.46. The maximum absolute atomic E-state index is 15.2. The molecule has 3 N–H and O–H groups in total. The molecule has 9 nitrogen and oxygen atoms in total. The number of hydrogen-bond acceptors (Lipinski definition) is 6. The van der Waals surface area contributed by atoms with E-state index < -0.39 is 23.5 Å². The molecular weight excluding hydrogens is 573 g/mol. The lowest BCUT2D eigenvalue weighted by molar-refractivity contribution is 0.0699. The van der Waals surface area contributed by atoms with Crippen LogP contribution in [0.5, 0.6) is 6.01 Å². The Morgan fingerprint density at radius 1 is 1.09 bits per heavy atom. The second kappa shape index (κ2) is 11.5. The number of anilines is 1. The highest BCUT2D eigenvalue weighted by atomic mass is 35.5. The Morgan fingerprint density at radius 2 is 1.86 bits per heavy atom. The van der Waals surface area contributed by atoms with Crippen LogP contribution in [0.25, 0.3) is 11.0 Å². The number of aliphatic hydroxyl groups is 1. The first kappa shape index (κ1) is 28.4. The molecule has 1 aromatic heterocycles. The molecule has 43 heavy (non-hydrogen) atoms. The average Bonchev–Trinajstić information content (AvgIpc) is 3.50. The zero-order chi connectivity index (χ0) is 30.1. The normalized spacial score (nSPS) is 16.1. The number of aromatic nitrogens is 2.